The first-order chi connectivity index (χ1) is 14.5. The minimum Gasteiger partial charge on any atom is -0.341 e. The van der Waals surface area contributed by atoms with Crippen LogP contribution in [0.1, 0.15) is 113 Å². The standard InChI is InChI=1S/C24H50N3O3P/c1-9-12-14-16-18-26-20-21-27(19-17-15-13-10-2)22(26)25-31(28,29-23(4,5)6)30-24(7,8)11-3/h9-21H2,1-8H3. The Kier molecular flexibility index (Phi) is 12.1. The molecule has 0 amide bonds. The van der Waals surface area contributed by atoms with Crippen LogP contribution in [0.2, 0.25) is 0 Å². The van der Waals surface area contributed by atoms with Gasteiger partial charge in [0.15, 0.2) is 0 Å². The van der Waals surface area contributed by atoms with Crippen molar-refractivity contribution >= 4 is 13.7 Å². The Morgan fingerprint density at radius 3 is 1.68 bits per heavy atom. The summed E-state index contributed by atoms with van der Waals surface area (Å²) < 4.78 is 30.8. The fraction of sp³-hybridized carbons (Fsp3) is 0.958. The molecule has 1 saturated heterocycles. The van der Waals surface area contributed by atoms with Crippen molar-refractivity contribution in [3.8, 4) is 0 Å². The zero-order valence-corrected chi connectivity index (χ0v) is 22.6. The van der Waals surface area contributed by atoms with Gasteiger partial charge in [0.1, 0.15) is 0 Å². The van der Waals surface area contributed by atoms with E-state index in [9.17, 15) is 4.57 Å². The summed E-state index contributed by atoms with van der Waals surface area (Å²) in [6, 6.07) is 0. The number of nitrogens with zero attached hydrogens (tertiary/aromatic N) is 3. The Hall–Kier alpha value is -0.580. The van der Waals surface area contributed by atoms with Gasteiger partial charge < -0.3 is 9.80 Å². The minimum absolute atomic E-state index is 0.568. The fourth-order valence-electron chi connectivity index (χ4n) is 3.54. The molecule has 0 bridgehead atoms. The molecule has 0 saturated carbocycles. The smallest absolute Gasteiger partial charge is 0.341 e. The molecule has 6 nitrogen and oxygen atoms in total. The van der Waals surface area contributed by atoms with Crippen molar-refractivity contribution in [1.29, 1.82) is 0 Å². The summed E-state index contributed by atoms with van der Waals surface area (Å²) in [5.41, 5.74) is -1.18. The van der Waals surface area contributed by atoms with Gasteiger partial charge in [0.25, 0.3) is 0 Å². The van der Waals surface area contributed by atoms with E-state index >= 15 is 0 Å². The molecule has 1 atom stereocenters. The normalized spacial score (nSPS) is 17.4. The summed E-state index contributed by atoms with van der Waals surface area (Å²) in [7, 11) is -3.69. The maximum absolute atomic E-state index is 13.9. The third kappa shape index (κ3) is 11.2. The zero-order valence-electron chi connectivity index (χ0n) is 21.7. The van der Waals surface area contributed by atoms with Gasteiger partial charge in [-0.3, -0.25) is 9.05 Å². The first kappa shape index (κ1) is 28.5. The van der Waals surface area contributed by atoms with Crippen LogP contribution in [0.15, 0.2) is 4.76 Å². The van der Waals surface area contributed by atoms with Gasteiger partial charge in [0.05, 0.1) is 11.2 Å². The minimum atomic E-state index is -3.69. The SMILES string of the molecule is CCCCCCN1CCN(CCCCCC)C1=NP(=O)(OC(C)(C)C)OC(C)(C)CC. The van der Waals surface area contributed by atoms with Crippen LogP contribution in [0, 0.1) is 0 Å². The molecule has 1 aliphatic heterocycles. The number of hydrogen-bond acceptors (Lipinski definition) is 3. The molecular formula is C24H50N3O3P. The average Bonchev–Trinajstić information content (AvgIpc) is 3.01. The lowest BCUT2D eigenvalue weighted by Gasteiger charge is -2.32. The zero-order chi connectivity index (χ0) is 23.5. The molecule has 1 rings (SSSR count). The Balaban J connectivity index is 3.14. The Labute approximate surface area is 192 Å². The quantitative estimate of drug-likeness (QED) is 0.191. The predicted octanol–water partition coefficient (Wildman–Crippen LogP) is 7.25. The number of unbranched alkanes of at least 4 members (excludes halogenated alkanes) is 6. The van der Waals surface area contributed by atoms with Crippen LogP contribution in [-0.4, -0.2) is 53.1 Å². The van der Waals surface area contributed by atoms with Crippen molar-refractivity contribution in [2.24, 2.45) is 4.76 Å². The summed E-state index contributed by atoms with van der Waals surface area (Å²) in [6.45, 7) is 19.8. The van der Waals surface area contributed by atoms with Crippen LogP contribution in [-0.2, 0) is 13.6 Å². The van der Waals surface area contributed by atoms with E-state index in [1.54, 1.807) is 0 Å². The van der Waals surface area contributed by atoms with E-state index in [4.69, 9.17) is 13.8 Å². The lowest BCUT2D eigenvalue weighted by atomic mass is 10.1. The van der Waals surface area contributed by atoms with Crippen molar-refractivity contribution in [2.75, 3.05) is 26.2 Å². The van der Waals surface area contributed by atoms with Gasteiger partial charge in [-0.2, -0.15) is 0 Å². The lowest BCUT2D eigenvalue weighted by molar-refractivity contribution is 0.0382. The molecule has 1 aliphatic rings. The fourth-order valence-corrected chi connectivity index (χ4v) is 5.58. The van der Waals surface area contributed by atoms with Gasteiger partial charge in [-0.25, -0.2) is 4.57 Å². The Bertz CT molecular complexity index is 565. The molecule has 1 heterocycles. The highest BCUT2D eigenvalue weighted by Crippen LogP contribution is 2.56. The molecule has 0 aromatic rings. The van der Waals surface area contributed by atoms with Crippen LogP contribution in [0.4, 0.5) is 0 Å². The highest BCUT2D eigenvalue weighted by molar-refractivity contribution is 7.52. The summed E-state index contributed by atoms with van der Waals surface area (Å²) in [5.74, 6) is 0.799. The van der Waals surface area contributed by atoms with E-state index in [0.717, 1.165) is 51.4 Å². The lowest BCUT2D eigenvalue weighted by Crippen LogP contribution is -2.35. The monoisotopic (exact) mass is 459 g/mol. The molecule has 0 aliphatic carbocycles. The van der Waals surface area contributed by atoms with Gasteiger partial charge in [-0.05, 0) is 53.9 Å². The van der Waals surface area contributed by atoms with E-state index < -0.39 is 18.9 Å². The molecule has 0 radical (unpaired) electrons. The maximum atomic E-state index is 13.9. The number of hydrogen-bond donors (Lipinski definition) is 0. The molecule has 1 fully saturated rings. The van der Waals surface area contributed by atoms with Crippen molar-refractivity contribution in [1.82, 2.24) is 9.80 Å². The molecule has 184 valence electrons. The third-order valence-electron chi connectivity index (χ3n) is 5.58. The van der Waals surface area contributed by atoms with Crippen LogP contribution in [0.3, 0.4) is 0 Å². The van der Waals surface area contributed by atoms with Gasteiger partial charge in [0.2, 0.25) is 5.96 Å². The topological polar surface area (TPSA) is 54.4 Å². The van der Waals surface area contributed by atoms with Gasteiger partial charge in [-0.15, -0.1) is 4.76 Å². The highest BCUT2D eigenvalue weighted by Gasteiger charge is 2.39. The van der Waals surface area contributed by atoms with E-state index in [2.05, 4.69) is 23.6 Å². The number of rotatable bonds is 15. The second-order valence-electron chi connectivity index (χ2n) is 10.4. The Morgan fingerprint density at radius 2 is 1.29 bits per heavy atom. The first-order valence-electron chi connectivity index (χ1n) is 12.6. The van der Waals surface area contributed by atoms with Gasteiger partial charge in [-0.1, -0.05) is 59.3 Å². The van der Waals surface area contributed by atoms with Crippen molar-refractivity contribution in [3.63, 3.8) is 0 Å². The summed E-state index contributed by atoms with van der Waals surface area (Å²) in [5, 5.41) is 0. The van der Waals surface area contributed by atoms with Crippen LogP contribution in [0.25, 0.3) is 0 Å². The van der Waals surface area contributed by atoms with Crippen LogP contribution >= 0.6 is 7.75 Å². The average molecular weight is 460 g/mol. The first-order valence-corrected chi connectivity index (χ1v) is 14.1. The van der Waals surface area contributed by atoms with E-state index in [-0.39, 0.29) is 0 Å². The number of guanidine groups is 1. The van der Waals surface area contributed by atoms with Crippen LogP contribution < -0.4 is 0 Å². The maximum Gasteiger partial charge on any atom is 0.458 e. The van der Waals surface area contributed by atoms with Gasteiger partial charge >= 0.3 is 7.75 Å². The molecular weight excluding hydrogens is 409 g/mol. The van der Waals surface area contributed by atoms with Gasteiger partial charge in [0, 0.05) is 26.2 Å². The van der Waals surface area contributed by atoms with Crippen molar-refractivity contribution < 1.29 is 13.6 Å². The second-order valence-corrected chi connectivity index (χ2v) is 11.9. The molecule has 0 aromatic carbocycles. The summed E-state index contributed by atoms with van der Waals surface area (Å²) in [4.78, 5) is 4.58. The van der Waals surface area contributed by atoms with E-state index in [1.807, 2.05) is 41.5 Å². The molecule has 0 spiro atoms. The highest BCUT2D eigenvalue weighted by atomic mass is 31.2. The second kappa shape index (κ2) is 13.2. The van der Waals surface area contributed by atoms with E-state index in [0.29, 0.717) is 0 Å². The molecule has 0 aromatic heterocycles. The molecule has 0 N–H and O–H groups in total. The third-order valence-corrected chi connectivity index (χ3v) is 7.51. The van der Waals surface area contributed by atoms with Crippen LogP contribution in [0.5, 0.6) is 0 Å². The summed E-state index contributed by atoms with van der Waals surface area (Å²) in [6.07, 6.45) is 10.4. The predicted molar refractivity (Wildman–Crippen MR) is 133 cm³/mol. The van der Waals surface area contributed by atoms with Crippen molar-refractivity contribution in [3.05, 3.63) is 0 Å². The molecule has 1 unspecified atom stereocenters. The molecule has 7 heteroatoms. The molecule has 31 heavy (non-hydrogen) atoms. The summed E-state index contributed by atoms with van der Waals surface area (Å²) >= 11 is 0. The Morgan fingerprint density at radius 1 is 0.806 bits per heavy atom. The van der Waals surface area contributed by atoms with E-state index in [1.165, 1.54) is 38.5 Å². The largest absolute Gasteiger partial charge is 0.458 e. The van der Waals surface area contributed by atoms with Crippen molar-refractivity contribution in [2.45, 2.75) is 124 Å².